The molecule has 0 aliphatic carbocycles. The summed E-state index contributed by atoms with van der Waals surface area (Å²) in [6.07, 6.45) is 2.52. The lowest BCUT2D eigenvalue weighted by Crippen LogP contribution is -2.34. The van der Waals surface area contributed by atoms with Crippen LogP contribution >= 0.6 is 24.0 Å². The van der Waals surface area contributed by atoms with Crippen LogP contribution in [-0.4, -0.2) is 47.9 Å². The SMILES string of the molecule is Cc1ccccc1/C(=N/OCCN1CCC=C(C(=O)O)C1)c1ccccc1Cl.Cl. The second kappa shape index (κ2) is 11.0. The first-order chi connectivity index (χ1) is 13.6. The number of halogens is 2. The Bertz CT molecular complexity index is 865. The van der Waals surface area contributed by atoms with Crippen molar-refractivity contribution in [1.82, 2.24) is 4.90 Å². The van der Waals surface area contributed by atoms with Crippen molar-refractivity contribution in [2.75, 3.05) is 26.2 Å². The number of benzene rings is 2. The Morgan fingerprint density at radius 3 is 2.55 bits per heavy atom. The van der Waals surface area contributed by atoms with E-state index in [1.165, 1.54) is 0 Å². The van der Waals surface area contributed by atoms with Crippen LogP contribution in [0.1, 0.15) is 23.1 Å². The summed E-state index contributed by atoms with van der Waals surface area (Å²) in [5, 5.41) is 14.2. The van der Waals surface area contributed by atoms with E-state index in [4.69, 9.17) is 21.5 Å². The zero-order valence-electron chi connectivity index (χ0n) is 16.2. The molecule has 3 rings (SSSR count). The van der Waals surface area contributed by atoms with Gasteiger partial charge in [0.1, 0.15) is 12.3 Å². The van der Waals surface area contributed by atoms with Gasteiger partial charge in [0.25, 0.3) is 0 Å². The highest BCUT2D eigenvalue weighted by Crippen LogP contribution is 2.22. The highest BCUT2D eigenvalue weighted by molar-refractivity contribution is 6.35. The molecular formula is C22H24Cl2N2O3. The van der Waals surface area contributed by atoms with Crippen molar-refractivity contribution in [1.29, 1.82) is 0 Å². The third-order valence-electron chi connectivity index (χ3n) is 4.69. The monoisotopic (exact) mass is 434 g/mol. The molecule has 0 aromatic heterocycles. The minimum Gasteiger partial charge on any atom is -0.478 e. The largest absolute Gasteiger partial charge is 0.478 e. The summed E-state index contributed by atoms with van der Waals surface area (Å²) in [7, 11) is 0. The third-order valence-corrected chi connectivity index (χ3v) is 5.02. The first-order valence-electron chi connectivity index (χ1n) is 9.22. The number of hydrogen-bond acceptors (Lipinski definition) is 4. The predicted octanol–water partition coefficient (Wildman–Crippen LogP) is 4.56. The van der Waals surface area contributed by atoms with Gasteiger partial charge in [-0.1, -0.05) is 65.3 Å². The Balaban J connectivity index is 0.00000300. The van der Waals surface area contributed by atoms with E-state index >= 15 is 0 Å². The molecule has 0 bridgehead atoms. The summed E-state index contributed by atoms with van der Waals surface area (Å²) >= 11 is 6.40. The summed E-state index contributed by atoms with van der Waals surface area (Å²) < 4.78 is 0. The van der Waals surface area contributed by atoms with Crippen LogP contribution in [0.5, 0.6) is 0 Å². The normalized spacial score (nSPS) is 14.7. The molecule has 5 nitrogen and oxygen atoms in total. The molecule has 0 saturated carbocycles. The number of rotatable bonds is 7. The Labute approximate surface area is 182 Å². The van der Waals surface area contributed by atoms with E-state index < -0.39 is 5.97 Å². The standard InChI is InChI=1S/C22H23ClN2O3.ClH/c1-16-7-2-3-9-18(16)21(19-10-4-5-11-20(19)23)24-28-14-13-25-12-6-8-17(15-25)22(26)27;/h2-5,7-11H,6,12-15H2,1H3,(H,26,27);1H/b24-21-;. The first kappa shape index (κ1) is 22.9. The lowest BCUT2D eigenvalue weighted by atomic mass is 9.98. The Kier molecular flexibility index (Phi) is 8.70. The molecule has 0 saturated heterocycles. The molecule has 7 heteroatoms. The van der Waals surface area contributed by atoms with Gasteiger partial charge in [0.15, 0.2) is 0 Å². The number of carboxylic acids is 1. The molecule has 154 valence electrons. The van der Waals surface area contributed by atoms with Gasteiger partial charge in [0, 0.05) is 36.3 Å². The number of carbonyl (C=O) groups is 1. The van der Waals surface area contributed by atoms with Gasteiger partial charge in [-0.15, -0.1) is 12.4 Å². The van der Waals surface area contributed by atoms with Crippen LogP contribution < -0.4 is 0 Å². The minimum absolute atomic E-state index is 0. The molecule has 0 spiro atoms. The van der Waals surface area contributed by atoms with Gasteiger partial charge in [0.2, 0.25) is 0 Å². The predicted molar refractivity (Wildman–Crippen MR) is 118 cm³/mol. The van der Waals surface area contributed by atoms with Crippen LogP contribution in [0.2, 0.25) is 5.02 Å². The molecule has 2 aromatic carbocycles. The fraction of sp³-hybridized carbons (Fsp3) is 0.273. The van der Waals surface area contributed by atoms with Crippen molar-refractivity contribution < 1.29 is 14.7 Å². The smallest absolute Gasteiger partial charge is 0.332 e. The Morgan fingerprint density at radius 1 is 1.17 bits per heavy atom. The van der Waals surface area contributed by atoms with Gasteiger partial charge in [-0.3, -0.25) is 4.90 Å². The maximum Gasteiger partial charge on any atom is 0.332 e. The van der Waals surface area contributed by atoms with Crippen LogP contribution in [-0.2, 0) is 9.63 Å². The second-order valence-electron chi connectivity index (χ2n) is 6.67. The molecular weight excluding hydrogens is 411 g/mol. The van der Waals surface area contributed by atoms with E-state index in [1.54, 1.807) is 6.08 Å². The molecule has 0 fully saturated rings. The topological polar surface area (TPSA) is 62.1 Å². The van der Waals surface area contributed by atoms with Crippen molar-refractivity contribution >= 4 is 35.7 Å². The number of aryl methyl sites for hydroxylation is 1. The van der Waals surface area contributed by atoms with Gasteiger partial charge < -0.3 is 9.94 Å². The molecule has 0 amide bonds. The highest BCUT2D eigenvalue weighted by atomic mass is 35.5. The summed E-state index contributed by atoms with van der Waals surface area (Å²) in [4.78, 5) is 18.8. The molecule has 0 unspecified atom stereocenters. The van der Waals surface area contributed by atoms with E-state index in [2.05, 4.69) is 10.1 Å². The van der Waals surface area contributed by atoms with Crippen molar-refractivity contribution in [3.05, 3.63) is 81.9 Å². The molecule has 0 atom stereocenters. The maximum absolute atomic E-state index is 11.1. The van der Waals surface area contributed by atoms with Crippen molar-refractivity contribution in [2.24, 2.45) is 5.16 Å². The number of oxime groups is 1. The average Bonchev–Trinajstić information content (AvgIpc) is 2.70. The molecule has 2 aromatic rings. The van der Waals surface area contributed by atoms with Crippen molar-refractivity contribution in [3.63, 3.8) is 0 Å². The molecule has 29 heavy (non-hydrogen) atoms. The van der Waals surface area contributed by atoms with Crippen LogP contribution in [0.3, 0.4) is 0 Å². The number of carboxylic acid groups (broad SMARTS) is 1. The summed E-state index contributed by atoms with van der Waals surface area (Å²) in [5.41, 5.74) is 3.98. The number of hydrogen-bond donors (Lipinski definition) is 1. The lowest BCUT2D eigenvalue weighted by Gasteiger charge is -2.24. The summed E-state index contributed by atoms with van der Waals surface area (Å²) in [6, 6.07) is 15.5. The van der Waals surface area contributed by atoms with Gasteiger partial charge in [0.05, 0.1) is 5.02 Å². The Morgan fingerprint density at radius 2 is 1.86 bits per heavy atom. The Hall–Kier alpha value is -2.34. The van der Waals surface area contributed by atoms with Gasteiger partial charge in [-0.05, 0) is 25.0 Å². The molecule has 1 aliphatic rings. The first-order valence-corrected chi connectivity index (χ1v) is 9.59. The fourth-order valence-electron chi connectivity index (χ4n) is 3.17. The average molecular weight is 435 g/mol. The third kappa shape index (κ3) is 6.07. The molecule has 0 radical (unpaired) electrons. The number of aliphatic carboxylic acids is 1. The van der Waals surface area contributed by atoms with Gasteiger partial charge in [-0.25, -0.2) is 4.79 Å². The quantitative estimate of drug-likeness (QED) is 0.394. The van der Waals surface area contributed by atoms with Gasteiger partial charge >= 0.3 is 5.97 Å². The van der Waals surface area contributed by atoms with E-state index in [-0.39, 0.29) is 12.4 Å². The summed E-state index contributed by atoms with van der Waals surface area (Å²) in [6.45, 7) is 4.25. The molecule has 1 aliphatic heterocycles. The van der Waals surface area contributed by atoms with Crippen molar-refractivity contribution in [2.45, 2.75) is 13.3 Å². The van der Waals surface area contributed by atoms with Crippen LogP contribution in [0.25, 0.3) is 0 Å². The van der Waals surface area contributed by atoms with Gasteiger partial charge in [-0.2, -0.15) is 0 Å². The lowest BCUT2D eigenvalue weighted by molar-refractivity contribution is -0.133. The highest BCUT2D eigenvalue weighted by Gasteiger charge is 2.17. The van der Waals surface area contributed by atoms with E-state index in [1.807, 2.05) is 55.5 Å². The number of nitrogens with zero attached hydrogens (tertiary/aromatic N) is 2. The van der Waals surface area contributed by atoms with E-state index in [9.17, 15) is 4.79 Å². The van der Waals surface area contributed by atoms with Crippen LogP contribution in [0.15, 0.2) is 65.3 Å². The molecule has 1 N–H and O–H groups in total. The zero-order chi connectivity index (χ0) is 19.9. The maximum atomic E-state index is 11.1. The van der Waals surface area contributed by atoms with E-state index in [0.29, 0.717) is 36.0 Å². The van der Waals surface area contributed by atoms with E-state index in [0.717, 1.165) is 29.7 Å². The second-order valence-corrected chi connectivity index (χ2v) is 7.07. The van der Waals surface area contributed by atoms with Crippen molar-refractivity contribution in [3.8, 4) is 0 Å². The zero-order valence-corrected chi connectivity index (χ0v) is 17.7. The summed E-state index contributed by atoms with van der Waals surface area (Å²) in [5.74, 6) is -0.857. The fourth-order valence-corrected chi connectivity index (χ4v) is 3.39. The van der Waals surface area contributed by atoms with Crippen LogP contribution in [0, 0.1) is 6.92 Å². The molecule has 1 heterocycles. The minimum atomic E-state index is -0.857. The van der Waals surface area contributed by atoms with Crippen LogP contribution in [0.4, 0.5) is 0 Å².